The van der Waals surface area contributed by atoms with Gasteiger partial charge in [-0.25, -0.2) is 8.42 Å². The molecule has 9 nitrogen and oxygen atoms in total. The minimum atomic E-state index is -4.29. The molecule has 0 fully saturated rings. The highest BCUT2D eigenvalue weighted by atomic mass is 35.5. The van der Waals surface area contributed by atoms with E-state index < -0.39 is 28.5 Å². The summed E-state index contributed by atoms with van der Waals surface area (Å²) in [5.41, 5.74) is 0.629. The van der Waals surface area contributed by atoms with Crippen LogP contribution in [0.15, 0.2) is 71.6 Å². The van der Waals surface area contributed by atoms with Crippen LogP contribution in [0.25, 0.3) is 0 Å². The minimum absolute atomic E-state index is 0.0301. The Morgan fingerprint density at radius 1 is 0.952 bits per heavy atom. The summed E-state index contributed by atoms with van der Waals surface area (Å²) in [6.45, 7) is 4.66. The highest BCUT2D eigenvalue weighted by Crippen LogP contribution is 2.36. The van der Waals surface area contributed by atoms with Gasteiger partial charge in [0, 0.05) is 28.7 Å². The monoisotopic (exact) mass is 635 g/mol. The van der Waals surface area contributed by atoms with Crippen molar-refractivity contribution in [2.24, 2.45) is 0 Å². The standard InChI is InChI=1S/C30H35Cl2N3O6S/c1-6-20(2)33-30(37)21(3)34(18-22-12-13-23(31)16-26(22)32)29(36)19-35(42(38,39)25-10-8-7-9-11-25)27-17-24(40-4)14-15-28(27)41-5/h7-17,20-21H,6,18-19H2,1-5H3,(H,33,37)/t20-,21+/m1/s1. The van der Waals surface area contributed by atoms with Crippen LogP contribution >= 0.6 is 23.2 Å². The number of carbonyl (C=O) groups is 2. The Hall–Kier alpha value is -3.47. The summed E-state index contributed by atoms with van der Waals surface area (Å²) < 4.78 is 39.9. The number of methoxy groups -OCH3 is 2. The van der Waals surface area contributed by atoms with Gasteiger partial charge in [0.1, 0.15) is 24.1 Å². The fraction of sp³-hybridized carbons (Fsp3) is 0.333. The van der Waals surface area contributed by atoms with E-state index in [-0.39, 0.29) is 34.8 Å². The molecule has 0 spiro atoms. The van der Waals surface area contributed by atoms with Gasteiger partial charge in [-0.1, -0.05) is 54.4 Å². The van der Waals surface area contributed by atoms with E-state index in [1.807, 2.05) is 13.8 Å². The number of amides is 2. The molecule has 2 amide bonds. The molecule has 0 aliphatic heterocycles. The smallest absolute Gasteiger partial charge is 0.264 e. The molecule has 42 heavy (non-hydrogen) atoms. The summed E-state index contributed by atoms with van der Waals surface area (Å²) in [7, 11) is -1.44. The molecule has 226 valence electrons. The molecule has 1 N–H and O–H groups in total. The molecule has 0 radical (unpaired) electrons. The van der Waals surface area contributed by atoms with Crippen LogP contribution in [0.3, 0.4) is 0 Å². The van der Waals surface area contributed by atoms with Crippen molar-refractivity contribution in [3.05, 3.63) is 82.3 Å². The number of ether oxygens (including phenoxy) is 2. The third-order valence-electron chi connectivity index (χ3n) is 6.79. The first-order valence-corrected chi connectivity index (χ1v) is 15.5. The van der Waals surface area contributed by atoms with E-state index in [9.17, 15) is 18.0 Å². The van der Waals surface area contributed by atoms with Crippen LogP contribution in [0.1, 0.15) is 32.8 Å². The van der Waals surface area contributed by atoms with E-state index >= 15 is 0 Å². The van der Waals surface area contributed by atoms with E-state index in [4.69, 9.17) is 32.7 Å². The van der Waals surface area contributed by atoms with Gasteiger partial charge in [0.2, 0.25) is 11.8 Å². The fourth-order valence-corrected chi connectivity index (χ4v) is 6.01. The van der Waals surface area contributed by atoms with Crippen LogP contribution in [0.5, 0.6) is 11.5 Å². The van der Waals surface area contributed by atoms with E-state index in [0.29, 0.717) is 27.8 Å². The maximum atomic E-state index is 14.1. The first-order chi connectivity index (χ1) is 19.9. The summed E-state index contributed by atoms with van der Waals surface area (Å²) in [5.74, 6) is -0.466. The van der Waals surface area contributed by atoms with Crippen molar-refractivity contribution in [2.45, 2.75) is 50.7 Å². The van der Waals surface area contributed by atoms with Crippen LogP contribution in [0, 0.1) is 0 Å². The lowest BCUT2D eigenvalue weighted by Crippen LogP contribution is -2.52. The van der Waals surface area contributed by atoms with Gasteiger partial charge >= 0.3 is 0 Å². The average Bonchev–Trinajstić information content (AvgIpc) is 2.98. The molecule has 0 aliphatic carbocycles. The molecular formula is C30H35Cl2N3O6S. The number of halogens is 2. The summed E-state index contributed by atoms with van der Waals surface area (Å²) >= 11 is 12.5. The Kier molecular flexibility index (Phi) is 11.5. The first kappa shape index (κ1) is 33.0. The van der Waals surface area contributed by atoms with Crippen LogP contribution in [-0.4, -0.2) is 58.0 Å². The van der Waals surface area contributed by atoms with E-state index in [0.717, 1.165) is 4.31 Å². The second kappa shape index (κ2) is 14.6. The van der Waals surface area contributed by atoms with Gasteiger partial charge in [-0.05, 0) is 62.2 Å². The number of benzene rings is 3. The molecule has 0 saturated carbocycles. The molecule has 0 aliphatic rings. The fourth-order valence-electron chi connectivity index (χ4n) is 4.11. The van der Waals surface area contributed by atoms with Crippen molar-refractivity contribution in [1.82, 2.24) is 10.2 Å². The molecule has 0 aromatic heterocycles. The van der Waals surface area contributed by atoms with Crippen molar-refractivity contribution >= 4 is 50.7 Å². The van der Waals surface area contributed by atoms with Gasteiger partial charge in [-0.2, -0.15) is 0 Å². The minimum Gasteiger partial charge on any atom is -0.497 e. The number of nitrogens with one attached hydrogen (secondary N) is 1. The molecule has 2 atom stereocenters. The number of nitrogens with zero attached hydrogens (tertiary/aromatic N) is 2. The largest absolute Gasteiger partial charge is 0.497 e. The van der Waals surface area contributed by atoms with Gasteiger partial charge in [0.15, 0.2) is 0 Å². The summed E-state index contributed by atoms with van der Waals surface area (Å²) in [4.78, 5) is 28.6. The third-order valence-corrected chi connectivity index (χ3v) is 9.15. The lowest BCUT2D eigenvalue weighted by atomic mass is 10.1. The van der Waals surface area contributed by atoms with Crippen LogP contribution in [-0.2, 0) is 26.2 Å². The third kappa shape index (κ3) is 7.87. The Balaban J connectivity index is 2.12. The van der Waals surface area contributed by atoms with Gasteiger partial charge < -0.3 is 19.7 Å². The number of rotatable bonds is 13. The first-order valence-electron chi connectivity index (χ1n) is 13.3. The number of hydrogen-bond donors (Lipinski definition) is 1. The average molecular weight is 637 g/mol. The maximum Gasteiger partial charge on any atom is 0.264 e. The second-order valence-corrected chi connectivity index (χ2v) is 12.3. The zero-order chi connectivity index (χ0) is 31.0. The summed E-state index contributed by atoms with van der Waals surface area (Å²) in [6.07, 6.45) is 0.689. The molecule has 0 bridgehead atoms. The predicted molar refractivity (Wildman–Crippen MR) is 165 cm³/mol. The topological polar surface area (TPSA) is 105 Å². The highest BCUT2D eigenvalue weighted by molar-refractivity contribution is 7.92. The van der Waals surface area contributed by atoms with Gasteiger partial charge in [0.05, 0.1) is 24.8 Å². The Morgan fingerprint density at radius 2 is 1.64 bits per heavy atom. The Bertz CT molecular complexity index is 1500. The molecule has 12 heteroatoms. The number of anilines is 1. The highest BCUT2D eigenvalue weighted by Gasteiger charge is 2.34. The molecule has 0 saturated heterocycles. The Labute approximate surface area is 257 Å². The zero-order valence-electron chi connectivity index (χ0n) is 24.1. The normalized spacial score (nSPS) is 12.6. The van der Waals surface area contributed by atoms with Gasteiger partial charge in [0.25, 0.3) is 10.0 Å². The molecule has 3 aromatic rings. The van der Waals surface area contributed by atoms with Crippen molar-refractivity contribution < 1.29 is 27.5 Å². The predicted octanol–water partition coefficient (Wildman–Crippen LogP) is 5.54. The van der Waals surface area contributed by atoms with Crippen molar-refractivity contribution in [1.29, 1.82) is 0 Å². The van der Waals surface area contributed by atoms with Crippen molar-refractivity contribution in [2.75, 3.05) is 25.1 Å². The van der Waals surface area contributed by atoms with Crippen LogP contribution in [0.2, 0.25) is 10.0 Å². The van der Waals surface area contributed by atoms with E-state index in [1.54, 1.807) is 49.4 Å². The lowest BCUT2D eigenvalue weighted by molar-refractivity contribution is -0.139. The number of sulfonamides is 1. The Morgan fingerprint density at radius 3 is 2.24 bits per heavy atom. The van der Waals surface area contributed by atoms with E-state index in [2.05, 4.69) is 5.32 Å². The molecule has 0 unspecified atom stereocenters. The van der Waals surface area contributed by atoms with Gasteiger partial charge in [-0.3, -0.25) is 13.9 Å². The van der Waals surface area contributed by atoms with E-state index in [1.165, 1.54) is 43.4 Å². The van der Waals surface area contributed by atoms with Crippen LogP contribution < -0.4 is 19.1 Å². The summed E-state index contributed by atoms with van der Waals surface area (Å²) in [5, 5.41) is 3.61. The maximum absolute atomic E-state index is 14.1. The lowest BCUT2D eigenvalue weighted by Gasteiger charge is -2.33. The molecular weight excluding hydrogens is 601 g/mol. The number of carbonyl (C=O) groups excluding carboxylic acids is 2. The quantitative estimate of drug-likeness (QED) is 0.264. The van der Waals surface area contributed by atoms with Crippen LogP contribution in [0.4, 0.5) is 5.69 Å². The summed E-state index contributed by atoms with van der Waals surface area (Å²) in [6, 6.07) is 16.1. The molecule has 3 rings (SSSR count). The zero-order valence-corrected chi connectivity index (χ0v) is 26.5. The number of hydrogen-bond acceptors (Lipinski definition) is 6. The second-order valence-electron chi connectivity index (χ2n) is 9.61. The molecule has 0 heterocycles. The SMILES string of the molecule is CC[C@@H](C)NC(=O)[C@H](C)N(Cc1ccc(Cl)cc1Cl)C(=O)CN(c1cc(OC)ccc1OC)S(=O)(=O)c1ccccc1. The molecule has 3 aromatic carbocycles. The van der Waals surface area contributed by atoms with Crippen molar-refractivity contribution in [3.8, 4) is 11.5 Å². The van der Waals surface area contributed by atoms with Crippen molar-refractivity contribution in [3.63, 3.8) is 0 Å². The van der Waals surface area contributed by atoms with Gasteiger partial charge in [-0.15, -0.1) is 0 Å².